The number of fused-ring (bicyclic) bond motifs is 1. The van der Waals surface area contributed by atoms with Gasteiger partial charge in [-0.1, -0.05) is 0 Å². The Balaban J connectivity index is 2.36. The SMILES string of the molecule is CC(CO)Nc1nccn2nnnc12. The van der Waals surface area contributed by atoms with E-state index in [4.69, 9.17) is 5.11 Å². The van der Waals surface area contributed by atoms with Crippen LogP contribution in [0.4, 0.5) is 5.82 Å². The van der Waals surface area contributed by atoms with Gasteiger partial charge in [-0.2, -0.15) is 4.52 Å². The Morgan fingerprint density at radius 2 is 2.50 bits per heavy atom. The molecule has 7 heteroatoms. The Labute approximate surface area is 79.8 Å². The highest BCUT2D eigenvalue weighted by Crippen LogP contribution is 2.09. The molecule has 0 aliphatic rings. The van der Waals surface area contributed by atoms with Crippen molar-refractivity contribution in [3.8, 4) is 0 Å². The molecule has 0 amide bonds. The van der Waals surface area contributed by atoms with Crippen molar-refractivity contribution >= 4 is 11.5 Å². The van der Waals surface area contributed by atoms with Crippen molar-refractivity contribution in [2.24, 2.45) is 0 Å². The van der Waals surface area contributed by atoms with Crippen molar-refractivity contribution in [1.29, 1.82) is 0 Å². The van der Waals surface area contributed by atoms with E-state index >= 15 is 0 Å². The molecule has 2 aromatic rings. The molecular formula is C7H10N6O. The van der Waals surface area contributed by atoms with Gasteiger partial charge in [0, 0.05) is 12.2 Å². The second kappa shape index (κ2) is 3.54. The van der Waals surface area contributed by atoms with Gasteiger partial charge in [-0.25, -0.2) is 4.98 Å². The summed E-state index contributed by atoms with van der Waals surface area (Å²) >= 11 is 0. The van der Waals surface area contributed by atoms with Gasteiger partial charge in [0.05, 0.1) is 12.8 Å². The first-order valence-electron chi connectivity index (χ1n) is 4.21. The minimum Gasteiger partial charge on any atom is -0.394 e. The summed E-state index contributed by atoms with van der Waals surface area (Å²) < 4.78 is 1.51. The van der Waals surface area contributed by atoms with E-state index in [9.17, 15) is 0 Å². The number of aliphatic hydroxyl groups excluding tert-OH is 1. The van der Waals surface area contributed by atoms with Gasteiger partial charge in [0.2, 0.25) is 5.65 Å². The smallest absolute Gasteiger partial charge is 0.221 e. The molecule has 2 rings (SSSR count). The molecule has 7 nitrogen and oxygen atoms in total. The number of nitrogens with zero attached hydrogens (tertiary/aromatic N) is 5. The van der Waals surface area contributed by atoms with Gasteiger partial charge < -0.3 is 10.4 Å². The maximum atomic E-state index is 8.87. The number of aromatic nitrogens is 5. The summed E-state index contributed by atoms with van der Waals surface area (Å²) in [6.45, 7) is 1.87. The number of tetrazole rings is 1. The van der Waals surface area contributed by atoms with Gasteiger partial charge in [-0.15, -0.1) is 5.10 Å². The first-order chi connectivity index (χ1) is 6.81. The van der Waals surface area contributed by atoms with Gasteiger partial charge in [0.25, 0.3) is 0 Å². The average Bonchev–Trinajstić information content (AvgIpc) is 2.66. The minimum atomic E-state index is -0.0783. The molecule has 2 heterocycles. The van der Waals surface area contributed by atoms with Crippen LogP contribution >= 0.6 is 0 Å². The Morgan fingerprint density at radius 3 is 3.29 bits per heavy atom. The van der Waals surface area contributed by atoms with Crippen LogP contribution < -0.4 is 5.32 Å². The number of hydrogen-bond acceptors (Lipinski definition) is 6. The molecule has 0 radical (unpaired) electrons. The Hall–Kier alpha value is -1.76. The number of hydrogen-bond donors (Lipinski definition) is 2. The molecule has 0 saturated heterocycles. The molecule has 0 aliphatic heterocycles. The zero-order chi connectivity index (χ0) is 9.97. The van der Waals surface area contributed by atoms with Crippen molar-refractivity contribution in [2.75, 3.05) is 11.9 Å². The van der Waals surface area contributed by atoms with Crippen LogP contribution in [-0.4, -0.2) is 42.8 Å². The number of aliphatic hydroxyl groups is 1. The average molecular weight is 194 g/mol. The molecule has 0 aromatic carbocycles. The lowest BCUT2D eigenvalue weighted by atomic mass is 10.3. The normalized spacial score (nSPS) is 13.0. The van der Waals surface area contributed by atoms with Gasteiger partial charge in [0.1, 0.15) is 0 Å². The van der Waals surface area contributed by atoms with Gasteiger partial charge in [0.15, 0.2) is 5.82 Å². The van der Waals surface area contributed by atoms with Crippen molar-refractivity contribution in [3.63, 3.8) is 0 Å². The molecule has 2 aromatic heterocycles. The summed E-state index contributed by atoms with van der Waals surface area (Å²) in [4.78, 5) is 4.08. The van der Waals surface area contributed by atoms with Crippen LogP contribution in [0.2, 0.25) is 0 Å². The van der Waals surface area contributed by atoms with Gasteiger partial charge >= 0.3 is 0 Å². The van der Waals surface area contributed by atoms with Gasteiger partial charge in [-0.05, 0) is 17.4 Å². The fourth-order valence-electron chi connectivity index (χ4n) is 1.06. The molecule has 1 atom stereocenters. The lowest BCUT2D eigenvalue weighted by Gasteiger charge is -2.10. The quantitative estimate of drug-likeness (QED) is 0.672. The first kappa shape index (κ1) is 8.82. The van der Waals surface area contributed by atoms with E-state index in [1.807, 2.05) is 6.92 Å². The van der Waals surface area contributed by atoms with E-state index in [2.05, 4.69) is 25.8 Å². The fraction of sp³-hybridized carbons (Fsp3) is 0.429. The highest BCUT2D eigenvalue weighted by molar-refractivity contribution is 5.60. The van der Waals surface area contributed by atoms with Crippen LogP contribution in [0.1, 0.15) is 6.92 Å². The number of anilines is 1. The minimum absolute atomic E-state index is 0.0320. The Bertz CT molecular complexity index is 427. The predicted octanol–water partition coefficient (Wildman–Crippen LogP) is -0.688. The number of nitrogens with one attached hydrogen (secondary N) is 1. The van der Waals surface area contributed by atoms with Crippen molar-refractivity contribution < 1.29 is 5.11 Å². The fourth-order valence-corrected chi connectivity index (χ4v) is 1.06. The molecule has 1 unspecified atom stereocenters. The first-order valence-corrected chi connectivity index (χ1v) is 4.21. The monoisotopic (exact) mass is 194 g/mol. The maximum absolute atomic E-state index is 8.87. The largest absolute Gasteiger partial charge is 0.394 e. The summed E-state index contributed by atoms with van der Waals surface area (Å²) in [6.07, 6.45) is 3.25. The molecule has 0 saturated carbocycles. The lowest BCUT2D eigenvalue weighted by molar-refractivity contribution is 0.281. The molecule has 0 aliphatic carbocycles. The molecular weight excluding hydrogens is 184 g/mol. The summed E-state index contributed by atoms with van der Waals surface area (Å²) in [5, 5.41) is 22.9. The van der Waals surface area contributed by atoms with E-state index in [0.29, 0.717) is 11.5 Å². The highest BCUT2D eigenvalue weighted by atomic mass is 16.3. The number of rotatable bonds is 3. The van der Waals surface area contributed by atoms with Crippen LogP contribution in [0.3, 0.4) is 0 Å². The molecule has 0 spiro atoms. The van der Waals surface area contributed by atoms with E-state index in [1.54, 1.807) is 12.4 Å². The predicted molar refractivity (Wildman–Crippen MR) is 48.7 cm³/mol. The maximum Gasteiger partial charge on any atom is 0.221 e. The van der Waals surface area contributed by atoms with Crippen LogP contribution in [-0.2, 0) is 0 Å². The topological polar surface area (TPSA) is 88.2 Å². The van der Waals surface area contributed by atoms with Crippen molar-refractivity contribution in [2.45, 2.75) is 13.0 Å². The molecule has 0 fully saturated rings. The van der Waals surface area contributed by atoms with Crippen molar-refractivity contribution in [3.05, 3.63) is 12.4 Å². The Kier molecular flexibility index (Phi) is 2.23. The van der Waals surface area contributed by atoms with Crippen molar-refractivity contribution in [1.82, 2.24) is 25.0 Å². The standard InChI is InChI=1S/C7H10N6O/c1-5(4-14)9-6-7-10-11-12-13(7)3-2-8-6/h2-3,5,14H,4H2,1H3,(H,8,9). The Morgan fingerprint density at radius 1 is 1.64 bits per heavy atom. The summed E-state index contributed by atoms with van der Waals surface area (Å²) in [5.41, 5.74) is 0.549. The van der Waals surface area contributed by atoms with E-state index in [0.717, 1.165) is 0 Å². The zero-order valence-corrected chi connectivity index (χ0v) is 7.62. The third-order valence-corrected chi connectivity index (χ3v) is 1.77. The van der Waals surface area contributed by atoms with E-state index in [1.165, 1.54) is 4.52 Å². The lowest BCUT2D eigenvalue weighted by Crippen LogP contribution is -2.20. The summed E-state index contributed by atoms with van der Waals surface area (Å²) in [5.74, 6) is 0.569. The molecule has 14 heavy (non-hydrogen) atoms. The summed E-state index contributed by atoms with van der Waals surface area (Å²) in [6, 6.07) is -0.0783. The van der Waals surface area contributed by atoms with E-state index < -0.39 is 0 Å². The van der Waals surface area contributed by atoms with Crippen LogP contribution in [0, 0.1) is 0 Å². The van der Waals surface area contributed by atoms with Crippen LogP contribution in [0.5, 0.6) is 0 Å². The van der Waals surface area contributed by atoms with Crippen LogP contribution in [0.15, 0.2) is 12.4 Å². The zero-order valence-electron chi connectivity index (χ0n) is 7.62. The van der Waals surface area contributed by atoms with Gasteiger partial charge in [-0.3, -0.25) is 0 Å². The summed E-state index contributed by atoms with van der Waals surface area (Å²) in [7, 11) is 0. The third-order valence-electron chi connectivity index (χ3n) is 1.77. The highest BCUT2D eigenvalue weighted by Gasteiger charge is 2.07. The van der Waals surface area contributed by atoms with E-state index in [-0.39, 0.29) is 12.6 Å². The molecule has 74 valence electrons. The third kappa shape index (κ3) is 1.49. The molecule has 0 bridgehead atoms. The second-order valence-corrected chi connectivity index (χ2v) is 2.95. The van der Waals surface area contributed by atoms with Crippen LogP contribution in [0.25, 0.3) is 5.65 Å². The second-order valence-electron chi connectivity index (χ2n) is 2.95. The molecule has 2 N–H and O–H groups in total.